The van der Waals surface area contributed by atoms with Crippen LogP contribution in [0.4, 0.5) is 0 Å². The lowest BCUT2D eigenvalue weighted by Gasteiger charge is -2.22. The first kappa shape index (κ1) is 16.0. The zero-order valence-corrected chi connectivity index (χ0v) is 11.7. The highest BCUT2D eigenvalue weighted by atomic mass is 16.3. The van der Waals surface area contributed by atoms with Gasteiger partial charge in [0.25, 0.3) is 0 Å². The molecular weight excluding hydrogens is 196 g/mol. The monoisotopic (exact) mass is 228 g/mol. The Morgan fingerprint density at radius 2 is 1.12 bits per heavy atom. The Balaban J connectivity index is 3.29. The van der Waals surface area contributed by atoms with Gasteiger partial charge in [-0.2, -0.15) is 0 Å². The molecule has 0 bridgehead atoms. The summed E-state index contributed by atoms with van der Waals surface area (Å²) in [6.45, 7) is 6.44. The van der Waals surface area contributed by atoms with Crippen LogP contribution < -0.4 is 0 Å². The molecule has 0 aromatic heterocycles. The van der Waals surface area contributed by atoms with Gasteiger partial charge in [0.15, 0.2) is 0 Å². The number of unbranched alkanes of at least 4 members (excludes halogenated alkanes) is 7. The molecule has 0 saturated carbocycles. The molecule has 1 unspecified atom stereocenters. The molecule has 1 N–H and O–H groups in total. The fourth-order valence-electron chi connectivity index (χ4n) is 2.15. The summed E-state index contributed by atoms with van der Waals surface area (Å²) in [7, 11) is 0. The third-order valence-electron chi connectivity index (χ3n) is 3.39. The summed E-state index contributed by atoms with van der Waals surface area (Å²) in [5, 5.41) is 10.1. The number of rotatable bonds is 11. The largest absolute Gasteiger partial charge is 0.390 e. The Bertz CT molecular complexity index is 140. The van der Waals surface area contributed by atoms with Crippen molar-refractivity contribution in [2.75, 3.05) is 0 Å². The number of aliphatic hydroxyl groups is 1. The van der Waals surface area contributed by atoms with Crippen molar-refractivity contribution in [3.63, 3.8) is 0 Å². The molecule has 0 rings (SSSR count). The van der Waals surface area contributed by atoms with Gasteiger partial charge in [-0.1, -0.05) is 71.6 Å². The highest BCUT2D eigenvalue weighted by Crippen LogP contribution is 2.21. The van der Waals surface area contributed by atoms with Crippen molar-refractivity contribution in [3.05, 3.63) is 0 Å². The van der Waals surface area contributed by atoms with E-state index in [4.69, 9.17) is 0 Å². The molecule has 1 heteroatoms. The second kappa shape index (κ2) is 10.1. The van der Waals surface area contributed by atoms with Crippen LogP contribution in [0.15, 0.2) is 0 Å². The molecule has 0 heterocycles. The Morgan fingerprint density at radius 1 is 0.688 bits per heavy atom. The van der Waals surface area contributed by atoms with Gasteiger partial charge >= 0.3 is 0 Å². The van der Waals surface area contributed by atoms with E-state index in [-0.39, 0.29) is 0 Å². The van der Waals surface area contributed by atoms with Crippen molar-refractivity contribution in [3.8, 4) is 0 Å². The SMILES string of the molecule is CCCCCCCCCC(C)(O)CCCC. The summed E-state index contributed by atoms with van der Waals surface area (Å²) in [6.07, 6.45) is 13.6. The quantitative estimate of drug-likeness (QED) is 0.490. The third kappa shape index (κ3) is 10.5. The molecule has 16 heavy (non-hydrogen) atoms. The van der Waals surface area contributed by atoms with Crippen molar-refractivity contribution < 1.29 is 5.11 Å². The van der Waals surface area contributed by atoms with Crippen molar-refractivity contribution in [2.24, 2.45) is 0 Å². The van der Waals surface area contributed by atoms with Crippen molar-refractivity contribution in [2.45, 2.75) is 97.0 Å². The van der Waals surface area contributed by atoms with E-state index in [2.05, 4.69) is 13.8 Å². The summed E-state index contributed by atoms with van der Waals surface area (Å²) in [4.78, 5) is 0. The van der Waals surface area contributed by atoms with Crippen LogP contribution in [0, 0.1) is 0 Å². The summed E-state index contributed by atoms with van der Waals surface area (Å²) in [5.41, 5.74) is -0.403. The lowest BCUT2D eigenvalue weighted by molar-refractivity contribution is 0.0371. The Morgan fingerprint density at radius 3 is 1.69 bits per heavy atom. The molecule has 0 radical (unpaired) electrons. The molecule has 98 valence electrons. The van der Waals surface area contributed by atoms with Gasteiger partial charge in [0.05, 0.1) is 5.60 Å². The van der Waals surface area contributed by atoms with E-state index in [1.54, 1.807) is 0 Å². The Hall–Kier alpha value is -0.0400. The highest BCUT2D eigenvalue weighted by Gasteiger charge is 2.18. The molecule has 0 fully saturated rings. The maximum absolute atomic E-state index is 10.1. The maximum atomic E-state index is 10.1. The van der Waals surface area contributed by atoms with E-state index in [0.717, 1.165) is 19.3 Å². The average molecular weight is 228 g/mol. The summed E-state index contributed by atoms with van der Waals surface area (Å²) in [6, 6.07) is 0. The molecule has 0 aliphatic rings. The lowest BCUT2D eigenvalue weighted by Crippen LogP contribution is -2.23. The van der Waals surface area contributed by atoms with Gasteiger partial charge in [-0.3, -0.25) is 0 Å². The van der Waals surface area contributed by atoms with Gasteiger partial charge < -0.3 is 5.11 Å². The molecule has 0 aliphatic carbocycles. The first-order valence-electron chi connectivity index (χ1n) is 7.34. The van der Waals surface area contributed by atoms with Gasteiger partial charge in [-0.05, 0) is 19.8 Å². The second-order valence-electron chi connectivity index (χ2n) is 5.47. The van der Waals surface area contributed by atoms with Gasteiger partial charge in [0.2, 0.25) is 0 Å². The Labute approximate surface area is 103 Å². The molecule has 0 aliphatic heterocycles. The summed E-state index contributed by atoms with van der Waals surface area (Å²) >= 11 is 0. The van der Waals surface area contributed by atoms with Crippen LogP contribution in [-0.4, -0.2) is 10.7 Å². The summed E-state index contributed by atoms with van der Waals surface area (Å²) < 4.78 is 0. The second-order valence-corrected chi connectivity index (χ2v) is 5.47. The van der Waals surface area contributed by atoms with Crippen LogP contribution in [0.25, 0.3) is 0 Å². The van der Waals surface area contributed by atoms with Crippen LogP contribution >= 0.6 is 0 Å². The highest BCUT2D eigenvalue weighted by molar-refractivity contribution is 4.71. The molecule has 0 spiro atoms. The van der Waals surface area contributed by atoms with Crippen molar-refractivity contribution in [1.82, 2.24) is 0 Å². The molecule has 0 aromatic rings. The van der Waals surface area contributed by atoms with E-state index in [0.29, 0.717) is 0 Å². The number of hydrogen-bond donors (Lipinski definition) is 1. The van der Waals surface area contributed by atoms with Gasteiger partial charge in [0.1, 0.15) is 0 Å². The molecule has 0 aromatic carbocycles. The third-order valence-corrected chi connectivity index (χ3v) is 3.39. The van der Waals surface area contributed by atoms with Gasteiger partial charge in [-0.25, -0.2) is 0 Å². The first-order valence-corrected chi connectivity index (χ1v) is 7.34. The molecule has 1 atom stereocenters. The van der Waals surface area contributed by atoms with Crippen LogP contribution in [-0.2, 0) is 0 Å². The fourth-order valence-corrected chi connectivity index (χ4v) is 2.15. The van der Waals surface area contributed by atoms with Gasteiger partial charge in [-0.15, -0.1) is 0 Å². The summed E-state index contributed by atoms with van der Waals surface area (Å²) in [5.74, 6) is 0. The standard InChI is InChI=1S/C15H32O/c1-4-6-8-9-10-11-12-14-15(3,16)13-7-5-2/h16H,4-14H2,1-3H3. The minimum Gasteiger partial charge on any atom is -0.390 e. The van der Waals surface area contributed by atoms with E-state index < -0.39 is 5.60 Å². The van der Waals surface area contributed by atoms with Crippen LogP contribution in [0.2, 0.25) is 0 Å². The fraction of sp³-hybridized carbons (Fsp3) is 1.00. The normalized spacial score (nSPS) is 15.0. The van der Waals surface area contributed by atoms with E-state index in [1.807, 2.05) is 6.92 Å². The van der Waals surface area contributed by atoms with E-state index in [9.17, 15) is 5.11 Å². The lowest BCUT2D eigenvalue weighted by atomic mass is 9.92. The van der Waals surface area contributed by atoms with Crippen LogP contribution in [0.3, 0.4) is 0 Å². The molecular formula is C15H32O. The number of hydrogen-bond acceptors (Lipinski definition) is 1. The molecule has 1 nitrogen and oxygen atoms in total. The predicted octanol–water partition coefficient (Wildman–Crippen LogP) is 5.07. The smallest absolute Gasteiger partial charge is 0.0619 e. The predicted molar refractivity (Wildman–Crippen MR) is 72.8 cm³/mol. The van der Waals surface area contributed by atoms with Gasteiger partial charge in [0, 0.05) is 0 Å². The zero-order valence-electron chi connectivity index (χ0n) is 11.7. The maximum Gasteiger partial charge on any atom is 0.0619 e. The minimum atomic E-state index is -0.403. The van der Waals surface area contributed by atoms with E-state index >= 15 is 0 Å². The van der Waals surface area contributed by atoms with E-state index in [1.165, 1.54) is 51.4 Å². The van der Waals surface area contributed by atoms with Crippen LogP contribution in [0.1, 0.15) is 91.4 Å². The first-order chi connectivity index (χ1) is 7.62. The Kier molecular flexibility index (Phi) is 10.1. The minimum absolute atomic E-state index is 0.403. The molecule has 0 amide bonds. The molecule has 0 saturated heterocycles. The van der Waals surface area contributed by atoms with Crippen molar-refractivity contribution in [1.29, 1.82) is 0 Å². The zero-order chi connectivity index (χ0) is 12.3. The average Bonchev–Trinajstić information content (AvgIpc) is 2.25. The topological polar surface area (TPSA) is 20.2 Å². The van der Waals surface area contributed by atoms with Crippen LogP contribution in [0.5, 0.6) is 0 Å². The van der Waals surface area contributed by atoms with Crippen molar-refractivity contribution >= 4 is 0 Å².